The van der Waals surface area contributed by atoms with E-state index in [1.165, 1.54) is 12.1 Å². The van der Waals surface area contributed by atoms with E-state index in [-0.39, 0.29) is 29.3 Å². The van der Waals surface area contributed by atoms with Gasteiger partial charge in [-0.25, -0.2) is 0 Å². The zero-order chi connectivity index (χ0) is 17.5. The Morgan fingerprint density at radius 2 is 1.75 bits per heavy atom. The average molecular weight is 341 g/mol. The molecule has 2 unspecified atom stereocenters. The number of alkyl halides is 3. The first-order chi connectivity index (χ1) is 11.3. The summed E-state index contributed by atoms with van der Waals surface area (Å²) in [4.78, 5) is 23.1. The summed E-state index contributed by atoms with van der Waals surface area (Å²) < 4.78 is 39.1. The number of aliphatic carboxylic acids is 1. The number of rotatable bonds is 4. The van der Waals surface area contributed by atoms with Gasteiger partial charge < -0.3 is 10.4 Å². The van der Waals surface area contributed by atoms with E-state index in [2.05, 4.69) is 5.32 Å². The van der Waals surface area contributed by atoms with Crippen molar-refractivity contribution >= 4 is 11.9 Å². The quantitative estimate of drug-likeness (QED) is 0.884. The van der Waals surface area contributed by atoms with Crippen LogP contribution in [0.4, 0.5) is 13.2 Å². The molecule has 0 aromatic heterocycles. The molecule has 2 fully saturated rings. The molecule has 0 aliphatic heterocycles. The Kier molecular flexibility index (Phi) is 4.27. The molecular weight excluding hydrogens is 323 g/mol. The summed E-state index contributed by atoms with van der Waals surface area (Å²) in [6.45, 7) is 0. The SMILES string of the molecule is O=C(O)[C@@H]1CC[C@H](C(=O)NC2CC2c2ccccc2C(F)(F)F)C1. The van der Waals surface area contributed by atoms with Crippen LogP contribution in [0.5, 0.6) is 0 Å². The Hall–Kier alpha value is -2.05. The second-order valence-corrected chi connectivity index (χ2v) is 6.59. The zero-order valence-electron chi connectivity index (χ0n) is 12.8. The topological polar surface area (TPSA) is 66.4 Å². The monoisotopic (exact) mass is 341 g/mol. The van der Waals surface area contributed by atoms with Gasteiger partial charge >= 0.3 is 12.1 Å². The van der Waals surface area contributed by atoms with E-state index in [1.807, 2.05) is 0 Å². The van der Waals surface area contributed by atoms with Crippen molar-refractivity contribution in [1.82, 2.24) is 5.32 Å². The summed E-state index contributed by atoms with van der Waals surface area (Å²) in [5, 5.41) is 11.7. The molecule has 2 N–H and O–H groups in total. The number of nitrogens with one attached hydrogen (secondary N) is 1. The first-order valence-electron chi connectivity index (χ1n) is 7.96. The summed E-state index contributed by atoms with van der Waals surface area (Å²) in [7, 11) is 0. The fourth-order valence-corrected chi connectivity index (χ4v) is 3.52. The molecule has 24 heavy (non-hydrogen) atoms. The number of carboxylic acid groups (broad SMARTS) is 1. The Bertz CT molecular complexity index is 659. The third-order valence-electron chi connectivity index (χ3n) is 4.94. The normalized spacial score (nSPS) is 29.3. The minimum Gasteiger partial charge on any atom is -0.481 e. The molecule has 2 aliphatic rings. The van der Waals surface area contributed by atoms with Crippen molar-refractivity contribution in [1.29, 1.82) is 0 Å². The van der Waals surface area contributed by atoms with E-state index >= 15 is 0 Å². The fraction of sp³-hybridized carbons (Fsp3) is 0.529. The van der Waals surface area contributed by atoms with E-state index in [0.29, 0.717) is 25.7 Å². The van der Waals surface area contributed by atoms with Crippen molar-refractivity contribution in [3.05, 3.63) is 35.4 Å². The van der Waals surface area contributed by atoms with Gasteiger partial charge in [0.05, 0.1) is 11.5 Å². The van der Waals surface area contributed by atoms with Gasteiger partial charge in [0.25, 0.3) is 0 Å². The van der Waals surface area contributed by atoms with Crippen LogP contribution in [0.3, 0.4) is 0 Å². The molecule has 130 valence electrons. The van der Waals surface area contributed by atoms with Crippen molar-refractivity contribution in [2.45, 2.75) is 43.8 Å². The highest BCUT2D eigenvalue weighted by atomic mass is 19.4. The minimum absolute atomic E-state index is 0.213. The standard InChI is InChI=1S/C17H18F3NO3/c18-17(19,20)13-4-2-1-3-11(13)12-8-14(12)21-15(22)9-5-6-10(7-9)16(23)24/h1-4,9-10,12,14H,5-8H2,(H,21,22)(H,23,24)/t9-,10+,12?,14?/m0/s1. The van der Waals surface area contributed by atoms with Crippen molar-refractivity contribution in [2.75, 3.05) is 0 Å². The Labute approximate surface area is 137 Å². The summed E-state index contributed by atoms with van der Waals surface area (Å²) in [6, 6.07) is 5.13. The van der Waals surface area contributed by atoms with E-state index in [9.17, 15) is 22.8 Å². The van der Waals surface area contributed by atoms with Gasteiger partial charge in [-0.1, -0.05) is 18.2 Å². The van der Waals surface area contributed by atoms with Crippen molar-refractivity contribution in [2.24, 2.45) is 11.8 Å². The first kappa shape index (κ1) is 16.8. The lowest BCUT2D eigenvalue weighted by molar-refractivity contribution is -0.141. The predicted molar refractivity (Wildman–Crippen MR) is 79.2 cm³/mol. The lowest BCUT2D eigenvalue weighted by atomic mass is 10.0. The molecule has 0 bridgehead atoms. The third-order valence-corrected chi connectivity index (χ3v) is 4.94. The van der Waals surface area contributed by atoms with Gasteiger partial charge in [-0.05, 0) is 37.3 Å². The Morgan fingerprint density at radius 3 is 2.38 bits per heavy atom. The molecule has 1 aromatic carbocycles. The smallest absolute Gasteiger partial charge is 0.416 e. The Morgan fingerprint density at radius 1 is 1.08 bits per heavy atom. The number of carboxylic acids is 1. The average Bonchev–Trinajstić information content (AvgIpc) is 3.08. The third kappa shape index (κ3) is 3.39. The number of carbonyl (C=O) groups is 2. The van der Waals surface area contributed by atoms with Crippen molar-refractivity contribution in [3.8, 4) is 0 Å². The first-order valence-corrected chi connectivity index (χ1v) is 7.96. The van der Waals surface area contributed by atoms with E-state index in [0.717, 1.165) is 6.07 Å². The van der Waals surface area contributed by atoms with Crippen molar-refractivity contribution in [3.63, 3.8) is 0 Å². The maximum Gasteiger partial charge on any atom is 0.416 e. The number of hydrogen-bond acceptors (Lipinski definition) is 2. The molecular formula is C17H18F3NO3. The summed E-state index contributed by atoms with van der Waals surface area (Å²) in [5.41, 5.74) is -0.441. The predicted octanol–water partition coefficient (Wildman–Crippen LogP) is 3.18. The fourth-order valence-electron chi connectivity index (χ4n) is 3.52. The molecule has 7 heteroatoms. The molecule has 1 amide bonds. The van der Waals surface area contributed by atoms with E-state index in [4.69, 9.17) is 5.11 Å². The summed E-state index contributed by atoms with van der Waals surface area (Å²) in [5.74, 6) is -2.32. The largest absolute Gasteiger partial charge is 0.481 e. The van der Waals surface area contributed by atoms with Crippen LogP contribution in [0.15, 0.2) is 24.3 Å². The highest BCUT2D eigenvalue weighted by molar-refractivity contribution is 5.81. The minimum atomic E-state index is -4.41. The van der Waals surface area contributed by atoms with E-state index in [1.54, 1.807) is 6.07 Å². The van der Waals surface area contributed by atoms with Crippen LogP contribution in [0.2, 0.25) is 0 Å². The summed E-state index contributed by atoms with van der Waals surface area (Å²) >= 11 is 0. The molecule has 0 spiro atoms. The van der Waals surface area contributed by atoms with Crippen LogP contribution in [-0.4, -0.2) is 23.0 Å². The number of hydrogen-bond donors (Lipinski definition) is 2. The molecule has 3 rings (SSSR count). The van der Waals surface area contributed by atoms with Gasteiger partial charge in [0.2, 0.25) is 5.91 Å². The number of halogens is 3. The summed E-state index contributed by atoms with van der Waals surface area (Å²) in [6.07, 6.45) is -2.64. The van der Waals surface area contributed by atoms with Gasteiger partial charge in [0.1, 0.15) is 0 Å². The molecule has 4 nitrogen and oxygen atoms in total. The number of carbonyl (C=O) groups excluding carboxylic acids is 1. The van der Waals surface area contributed by atoms with Gasteiger partial charge in [-0.3, -0.25) is 9.59 Å². The van der Waals surface area contributed by atoms with E-state index < -0.39 is 23.6 Å². The lowest BCUT2D eigenvalue weighted by Crippen LogP contribution is -2.32. The number of benzene rings is 1. The zero-order valence-corrected chi connectivity index (χ0v) is 12.8. The Balaban J connectivity index is 1.61. The molecule has 1 aromatic rings. The van der Waals surface area contributed by atoms with Crippen LogP contribution >= 0.6 is 0 Å². The van der Waals surface area contributed by atoms with Crippen LogP contribution < -0.4 is 5.32 Å². The molecule has 0 heterocycles. The van der Waals surface area contributed by atoms with Gasteiger partial charge in [-0.15, -0.1) is 0 Å². The van der Waals surface area contributed by atoms with Crippen molar-refractivity contribution < 1.29 is 27.9 Å². The molecule has 0 radical (unpaired) electrons. The lowest BCUT2D eigenvalue weighted by Gasteiger charge is -2.14. The van der Waals surface area contributed by atoms with Crippen LogP contribution in [-0.2, 0) is 15.8 Å². The van der Waals surface area contributed by atoms with Gasteiger partial charge in [0, 0.05) is 17.9 Å². The highest BCUT2D eigenvalue weighted by Crippen LogP contribution is 2.46. The van der Waals surface area contributed by atoms with Crippen LogP contribution in [0, 0.1) is 11.8 Å². The molecule has 2 saturated carbocycles. The van der Waals surface area contributed by atoms with Crippen LogP contribution in [0.1, 0.15) is 42.7 Å². The van der Waals surface area contributed by atoms with Crippen LogP contribution in [0.25, 0.3) is 0 Å². The van der Waals surface area contributed by atoms with Gasteiger partial charge in [-0.2, -0.15) is 13.2 Å². The maximum atomic E-state index is 13.0. The highest BCUT2D eigenvalue weighted by Gasteiger charge is 2.46. The molecule has 2 aliphatic carbocycles. The molecule has 0 saturated heterocycles. The van der Waals surface area contributed by atoms with Gasteiger partial charge in [0.15, 0.2) is 0 Å². The second kappa shape index (κ2) is 6.11. The second-order valence-electron chi connectivity index (χ2n) is 6.59. The number of amides is 1. The maximum absolute atomic E-state index is 13.0. The molecule has 4 atom stereocenters.